The highest BCUT2D eigenvalue weighted by Gasteiger charge is 2.28. The van der Waals surface area contributed by atoms with Gasteiger partial charge in [0.1, 0.15) is 11.8 Å². The number of hydrogen-bond acceptors (Lipinski definition) is 3. The predicted octanol–water partition coefficient (Wildman–Crippen LogP) is 5.60. The van der Waals surface area contributed by atoms with Crippen LogP contribution in [-0.2, 0) is 16.0 Å². The van der Waals surface area contributed by atoms with Crippen LogP contribution in [0.2, 0.25) is 0 Å². The maximum atomic E-state index is 13.4. The molecule has 0 aliphatic heterocycles. The number of carbonyl (C=O) groups is 2. The van der Waals surface area contributed by atoms with Crippen LogP contribution >= 0.6 is 15.9 Å². The van der Waals surface area contributed by atoms with Crippen molar-refractivity contribution in [1.29, 1.82) is 0 Å². The molecule has 0 aliphatic carbocycles. The second kappa shape index (κ2) is 12.6. The summed E-state index contributed by atoms with van der Waals surface area (Å²) in [7, 11) is 0. The zero-order valence-corrected chi connectivity index (χ0v) is 21.7. The number of amides is 2. The molecular formula is C28H33BrN2O3. The molecule has 3 rings (SSSR count). The lowest BCUT2D eigenvalue weighted by Crippen LogP contribution is -2.51. The van der Waals surface area contributed by atoms with Gasteiger partial charge in [-0.25, -0.2) is 0 Å². The number of ether oxygens (including phenoxy) is 1. The van der Waals surface area contributed by atoms with Crippen molar-refractivity contribution in [2.75, 3.05) is 19.7 Å². The fourth-order valence-electron chi connectivity index (χ4n) is 3.87. The summed E-state index contributed by atoms with van der Waals surface area (Å²) in [5.41, 5.74) is 1.12. The lowest BCUT2D eigenvalue weighted by Gasteiger charge is -2.31. The Hall–Kier alpha value is -2.86. The van der Waals surface area contributed by atoms with E-state index in [0.717, 1.165) is 20.8 Å². The molecule has 180 valence electrons. The highest BCUT2D eigenvalue weighted by molar-refractivity contribution is 9.10. The summed E-state index contributed by atoms with van der Waals surface area (Å²) in [6.45, 7) is 6.92. The number of rotatable bonds is 11. The van der Waals surface area contributed by atoms with Gasteiger partial charge in [-0.15, -0.1) is 0 Å². The van der Waals surface area contributed by atoms with E-state index in [1.54, 1.807) is 4.90 Å². The van der Waals surface area contributed by atoms with Crippen LogP contribution in [-0.4, -0.2) is 42.5 Å². The van der Waals surface area contributed by atoms with Gasteiger partial charge < -0.3 is 15.0 Å². The van der Waals surface area contributed by atoms with Gasteiger partial charge in [-0.2, -0.15) is 0 Å². The van der Waals surface area contributed by atoms with E-state index < -0.39 is 6.04 Å². The van der Waals surface area contributed by atoms with E-state index >= 15 is 0 Å². The lowest BCUT2D eigenvalue weighted by atomic mass is 10.1. The molecule has 3 aromatic rings. The van der Waals surface area contributed by atoms with E-state index in [0.29, 0.717) is 37.6 Å². The van der Waals surface area contributed by atoms with Crippen molar-refractivity contribution in [3.8, 4) is 5.75 Å². The van der Waals surface area contributed by atoms with Crippen molar-refractivity contribution >= 4 is 38.5 Å². The molecule has 1 atom stereocenters. The average Bonchev–Trinajstić information content (AvgIpc) is 2.85. The quantitative estimate of drug-likeness (QED) is 0.355. The third-order valence-corrected chi connectivity index (χ3v) is 6.55. The highest BCUT2D eigenvalue weighted by atomic mass is 79.9. The molecule has 0 bridgehead atoms. The van der Waals surface area contributed by atoms with Gasteiger partial charge in [0.25, 0.3) is 5.91 Å². The van der Waals surface area contributed by atoms with Crippen molar-refractivity contribution in [2.24, 2.45) is 5.92 Å². The first-order valence-corrected chi connectivity index (χ1v) is 12.6. The summed E-state index contributed by atoms with van der Waals surface area (Å²) in [6, 6.07) is 21.3. The summed E-state index contributed by atoms with van der Waals surface area (Å²) in [5, 5.41) is 5.10. The number of nitrogens with one attached hydrogen (secondary N) is 1. The smallest absolute Gasteiger partial charge is 0.261 e. The van der Waals surface area contributed by atoms with E-state index in [9.17, 15) is 9.59 Å². The van der Waals surface area contributed by atoms with Gasteiger partial charge in [0.15, 0.2) is 6.61 Å². The zero-order valence-electron chi connectivity index (χ0n) is 20.1. The molecule has 0 radical (unpaired) electrons. The zero-order chi connectivity index (χ0) is 24.5. The third kappa shape index (κ3) is 6.83. The molecule has 6 heteroatoms. The van der Waals surface area contributed by atoms with Crippen LogP contribution < -0.4 is 10.1 Å². The molecule has 0 spiro atoms. The van der Waals surface area contributed by atoms with E-state index in [4.69, 9.17) is 4.74 Å². The normalized spacial score (nSPS) is 11.9. The minimum atomic E-state index is -0.543. The van der Waals surface area contributed by atoms with Gasteiger partial charge in [0.05, 0.1) is 4.47 Å². The second-order valence-corrected chi connectivity index (χ2v) is 9.57. The van der Waals surface area contributed by atoms with Crippen molar-refractivity contribution in [3.63, 3.8) is 0 Å². The van der Waals surface area contributed by atoms with Crippen LogP contribution in [0.5, 0.6) is 5.75 Å². The summed E-state index contributed by atoms with van der Waals surface area (Å²) in [5.74, 6) is 0.614. The second-order valence-electron chi connectivity index (χ2n) is 8.77. The molecular weight excluding hydrogens is 492 g/mol. The number of hydrogen-bond donors (Lipinski definition) is 1. The van der Waals surface area contributed by atoms with E-state index in [1.807, 2.05) is 73.7 Å². The Labute approximate surface area is 210 Å². The fraction of sp³-hybridized carbons (Fsp3) is 0.357. The SMILES string of the molecule is CC[C@@H](C(=O)NCC(C)C)N(CCc1ccccc1)C(=O)COc1ccc2ccccc2c1Br. The van der Waals surface area contributed by atoms with Gasteiger partial charge in [-0.05, 0) is 57.1 Å². The van der Waals surface area contributed by atoms with Crippen LogP contribution in [0.25, 0.3) is 10.8 Å². The van der Waals surface area contributed by atoms with Gasteiger partial charge in [-0.1, -0.05) is 81.4 Å². The van der Waals surface area contributed by atoms with E-state index in [-0.39, 0.29) is 18.4 Å². The molecule has 34 heavy (non-hydrogen) atoms. The van der Waals surface area contributed by atoms with Crippen LogP contribution in [0.1, 0.15) is 32.8 Å². The molecule has 0 aliphatic rings. The summed E-state index contributed by atoms with van der Waals surface area (Å²) in [4.78, 5) is 28.0. The maximum absolute atomic E-state index is 13.4. The molecule has 0 saturated carbocycles. The molecule has 1 N–H and O–H groups in total. The number of halogens is 1. The Kier molecular flexibility index (Phi) is 9.52. The number of fused-ring (bicyclic) bond motifs is 1. The first-order chi connectivity index (χ1) is 16.4. The van der Waals surface area contributed by atoms with E-state index in [2.05, 4.69) is 35.1 Å². The Bertz CT molecular complexity index is 1100. The Morgan fingerprint density at radius 3 is 2.41 bits per heavy atom. The molecule has 3 aromatic carbocycles. The first kappa shape index (κ1) is 25.8. The first-order valence-electron chi connectivity index (χ1n) is 11.8. The summed E-state index contributed by atoms with van der Waals surface area (Å²) < 4.78 is 6.76. The Morgan fingerprint density at radius 1 is 1.00 bits per heavy atom. The van der Waals surface area contributed by atoms with Crippen molar-refractivity contribution in [2.45, 2.75) is 39.7 Å². The van der Waals surface area contributed by atoms with Gasteiger partial charge in [-0.3, -0.25) is 9.59 Å². The molecule has 2 amide bonds. The monoisotopic (exact) mass is 524 g/mol. The minimum Gasteiger partial charge on any atom is -0.483 e. The van der Waals surface area contributed by atoms with Gasteiger partial charge in [0, 0.05) is 13.1 Å². The fourth-order valence-corrected chi connectivity index (χ4v) is 4.47. The number of benzene rings is 3. The van der Waals surface area contributed by atoms with Crippen LogP contribution in [0.3, 0.4) is 0 Å². The molecule has 0 fully saturated rings. The number of carbonyl (C=O) groups excluding carboxylic acids is 2. The van der Waals surface area contributed by atoms with Crippen LogP contribution in [0.15, 0.2) is 71.2 Å². The summed E-state index contributed by atoms with van der Waals surface area (Å²) >= 11 is 3.62. The third-order valence-electron chi connectivity index (χ3n) is 5.73. The topological polar surface area (TPSA) is 58.6 Å². The van der Waals surface area contributed by atoms with Gasteiger partial charge in [0.2, 0.25) is 5.91 Å². The van der Waals surface area contributed by atoms with Crippen LogP contribution in [0.4, 0.5) is 0 Å². The maximum Gasteiger partial charge on any atom is 0.261 e. The van der Waals surface area contributed by atoms with E-state index in [1.165, 1.54) is 0 Å². The predicted molar refractivity (Wildman–Crippen MR) is 141 cm³/mol. The largest absolute Gasteiger partial charge is 0.483 e. The molecule has 5 nitrogen and oxygen atoms in total. The average molecular weight is 525 g/mol. The van der Waals surface area contributed by atoms with Crippen molar-refractivity contribution in [1.82, 2.24) is 10.2 Å². The van der Waals surface area contributed by atoms with Crippen molar-refractivity contribution < 1.29 is 14.3 Å². The highest BCUT2D eigenvalue weighted by Crippen LogP contribution is 2.33. The molecule has 0 aromatic heterocycles. The Balaban J connectivity index is 1.76. The molecule has 0 heterocycles. The molecule has 0 saturated heterocycles. The Morgan fingerprint density at radius 2 is 1.71 bits per heavy atom. The standard InChI is InChI=1S/C28H33BrN2O3/c1-4-24(28(33)30-18-20(2)3)31(17-16-21-10-6-5-7-11-21)26(32)19-34-25-15-14-22-12-8-9-13-23(22)27(25)29/h5-15,20,24H,4,16-19H2,1-3H3,(H,30,33)/t24-/m0/s1. The molecule has 0 unspecified atom stereocenters. The van der Waals surface area contributed by atoms with Crippen molar-refractivity contribution in [3.05, 3.63) is 76.8 Å². The summed E-state index contributed by atoms with van der Waals surface area (Å²) in [6.07, 6.45) is 1.20. The van der Waals surface area contributed by atoms with Gasteiger partial charge >= 0.3 is 0 Å². The number of nitrogens with zero attached hydrogens (tertiary/aromatic N) is 1. The lowest BCUT2D eigenvalue weighted by molar-refractivity contribution is -0.142. The van der Waals surface area contributed by atoms with Crippen LogP contribution in [0, 0.1) is 5.92 Å². The minimum absolute atomic E-state index is 0.121.